The Balaban J connectivity index is 1.94. The summed E-state index contributed by atoms with van der Waals surface area (Å²) in [5, 5.41) is 24.7. The molecule has 0 bridgehead atoms. The molecule has 126 valence electrons. The smallest absolute Gasteiger partial charge is 0.273 e. The van der Waals surface area contributed by atoms with Crippen LogP contribution >= 0.6 is 0 Å². The Morgan fingerprint density at radius 3 is 2.67 bits per heavy atom. The van der Waals surface area contributed by atoms with Crippen LogP contribution < -0.4 is 0 Å². The summed E-state index contributed by atoms with van der Waals surface area (Å²) in [7, 11) is 1.81. The van der Waals surface area contributed by atoms with Crippen LogP contribution in [0.3, 0.4) is 0 Å². The van der Waals surface area contributed by atoms with Gasteiger partial charge in [-0.25, -0.2) is 0 Å². The van der Waals surface area contributed by atoms with Gasteiger partial charge in [0.2, 0.25) is 0 Å². The molecule has 0 saturated carbocycles. The number of phenolic OH excluding ortho intramolecular Hbond substituents is 1. The third kappa shape index (κ3) is 2.60. The molecule has 1 aromatic heterocycles. The minimum atomic E-state index is -0.630. The lowest BCUT2D eigenvalue weighted by molar-refractivity contribution is -0.385. The van der Waals surface area contributed by atoms with Crippen LogP contribution in [0.15, 0.2) is 30.6 Å². The fourth-order valence-corrected chi connectivity index (χ4v) is 3.32. The summed E-state index contributed by atoms with van der Waals surface area (Å²) < 4.78 is 1.67. The zero-order valence-electron chi connectivity index (χ0n) is 13.6. The first-order valence-electron chi connectivity index (χ1n) is 7.47. The van der Waals surface area contributed by atoms with Gasteiger partial charge in [0.25, 0.3) is 11.6 Å². The number of likely N-dealkylation sites (tertiary alicyclic amines) is 1. The highest BCUT2D eigenvalue weighted by atomic mass is 16.6. The molecule has 2 aromatic rings. The second-order valence-electron chi connectivity index (χ2n) is 6.77. The number of nitrogens with zero attached hydrogens (tertiary/aromatic N) is 4. The molecule has 1 unspecified atom stereocenters. The highest BCUT2D eigenvalue weighted by Crippen LogP contribution is 2.48. The summed E-state index contributed by atoms with van der Waals surface area (Å²) in [6, 6.07) is 3.30. The maximum absolute atomic E-state index is 12.8. The van der Waals surface area contributed by atoms with Gasteiger partial charge in [0.15, 0.2) is 0 Å². The number of hydrogen-bond donors (Lipinski definition) is 1. The Labute approximate surface area is 138 Å². The molecule has 0 aliphatic carbocycles. The minimum Gasteiger partial charge on any atom is -0.508 e. The van der Waals surface area contributed by atoms with E-state index < -0.39 is 4.92 Å². The number of non-ortho nitro benzene ring substituents is 1. The van der Waals surface area contributed by atoms with E-state index in [0.717, 1.165) is 11.6 Å². The first-order chi connectivity index (χ1) is 11.2. The largest absolute Gasteiger partial charge is 0.508 e. The molecule has 1 N–H and O–H groups in total. The second-order valence-corrected chi connectivity index (χ2v) is 6.77. The van der Waals surface area contributed by atoms with Gasteiger partial charge in [-0.05, 0) is 6.07 Å². The fourth-order valence-electron chi connectivity index (χ4n) is 3.32. The van der Waals surface area contributed by atoms with Crippen molar-refractivity contribution in [2.75, 3.05) is 6.54 Å². The standard InChI is InChI=1S/C16H18N4O4/c1-16(2)9-19(14(16)11-7-17-18(3)8-11)15(22)10-4-12(20(23)24)6-13(21)5-10/h4-8,14,21H,9H2,1-3H3. The normalized spacial score (nSPS) is 19.0. The van der Waals surface area contributed by atoms with Crippen LogP contribution in [0.25, 0.3) is 0 Å². The van der Waals surface area contributed by atoms with E-state index in [1.54, 1.807) is 22.8 Å². The molecule has 1 saturated heterocycles. The second kappa shape index (κ2) is 5.33. The number of nitro benzene ring substituents is 1. The molecule has 1 atom stereocenters. The van der Waals surface area contributed by atoms with Crippen molar-refractivity contribution in [2.45, 2.75) is 19.9 Å². The molecule has 8 heteroatoms. The summed E-state index contributed by atoms with van der Waals surface area (Å²) in [5.74, 6) is -0.646. The van der Waals surface area contributed by atoms with E-state index >= 15 is 0 Å². The Morgan fingerprint density at radius 2 is 2.12 bits per heavy atom. The van der Waals surface area contributed by atoms with Crippen LogP contribution in [0.4, 0.5) is 5.69 Å². The zero-order valence-corrected chi connectivity index (χ0v) is 13.6. The third-order valence-electron chi connectivity index (χ3n) is 4.29. The van der Waals surface area contributed by atoms with Gasteiger partial charge in [-0.15, -0.1) is 0 Å². The average Bonchev–Trinajstić information content (AvgIpc) is 2.89. The van der Waals surface area contributed by atoms with Crippen LogP contribution in [-0.4, -0.2) is 37.2 Å². The van der Waals surface area contributed by atoms with Gasteiger partial charge in [0, 0.05) is 36.8 Å². The van der Waals surface area contributed by atoms with Crippen molar-refractivity contribution in [3.8, 4) is 5.75 Å². The summed E-state index contributed by atoms with van der Waals surface area (Å²) in [6.45, 7) is 4.63. The van der Waals surface area contributed by atoms with Gasteiger partial charge in [-0.3, -0.25) is 19.6 Å². The van der Waals surface area contributed by atoms with Gasteiger partial charge in [0.1, 0.15) is 5.75 Å². The summed E-state index contributed by atoms with van der Waals surface area (Å²) in [6.07, 6.45) is 3.58. The molecular weight excluding hydrogens is 312 g/mol. The molecule has 0 radical (unpaired) electrons. The van der Waals surface area contributed by atoms with Crippen LogP contribution in [-0.2, 0) is 7.05 Å². The molecule has 2 heterocycles. The summed E-state index contributed by atoms with van der Waals surface area (Å²) in [5.41, 5.74) is 0.584. The number of phenols is 1. The number of aromatic nitrogens is 2. The maximum atomic E-state index is 12.8. The third-order valence-corrected chi connectivity index (χ3v) is 4.29. The molecule has 1 fully saturated rings. The Morgan fingerprint density at radius 1 is 1.42 bits per heavy atom. The van der Waals surface area contributed by atoms with Crippen molar-refractivity contribution in [3.63, 3.8) is 0 Å². The number of nitro groups is 1. The topological polar surface area (TPSA) is 102 Å². The number of carbonyl (C=O) groups is 1. The van der Waals surface area contributed by atoms with E-state index in [9.17, 15) is 20.0 Å². The van der Waals surface area contributed by atoms with Crippen LogP contribution in [0.5, 0.6) is 5.75 Å². The predicted octanol–water partition coefficient (Wildman–Crippen LogP) is 2.26. The Hall–Kier alpha value is -2.90. The van der Waals surface area contributed by atoms with E-state index in [-0.39, 0.29) is 34.4 Å². The van der Waals surface area contributed by atoms with E-state index in [1.807, 2.05) is 6.20 Å². The van der Waals surface area contributed by atoms with Crippen molar-refractivity contribution in [2.24, 2.45) is 12.5 Å². The van der Waals surface area contributed by atoms with E-state index in [0.29, 0.717) is 6.54 Å². The lowest BCUT2D eigenvalue weighted by Gasteiger charge is -2.54. The molecule has 8 nitrogen and oxygen atoms in total. The van der Waals surface area contributed by atoms with Crippen LogP contribution in [0.1, 0.15) is 35.8 Å². The molecule has 1 aliphatic rings. The molecule has 3 rings (SSSR count). The van der Waals surface area contributed by atoms with Gasteiger partial charge in [-0.2, -0.15) is 5.10 Å². The Kier molecular flexibility index (Phi) is 3.55. The highest BCUT2D eigenvalue weighted by Gasteiger charge is 2.49. The van der Waals surface area contributed by atoms with Crippen LogP contribution in [0, 0.1) is 15.5 Å². The van der Waals surface area contributed by atoms with Gasteiger partial charge in [0.05, 0.1) is 28.8 Å². The zero-order chi connectivity index (χ0) is 17.6. The number of aromatic hydroxyl groups is 1. The number of carbonyl (C=O) groups excluding carboxylic acids is 1. The van der Waals surface area contributed by atoms with Gasteiger partial charge in [-0.1, -0.05) is 13.8 Å². The Bertz CT molecular complexity index is 827. The average molecular weight is 330 g/mol. The SMILES string of the molecule is Cn1cc(C2N(C(=O)c3cc(O)cc([N+](=O)[O-])c3)CC2(C)C)cn1. The fraction of sp³-hybridized carbons (Fsp3) is 0.375. The quantitative estimate of drug-likeness (QED) is 0.687. The number of rotatable bonds is 3. The first-order valence-corrected chi connectivity index (χ1v) is 7.47. The molecular formula is C16H18N4O4. The molecule has 1 amide bonds. The lowest BCUT2D eigenvalue weighted by atomic mass is 9.72. The summed E-state index contributed by atoms with van der Waals surface area (Å²) in [4.78, 5) is 24.7. The van der Waals surface area contributed by atoms with Gasteiger partial charge < -0.3 is 10.0 Å². The molecule has 1 aromatic carbocycles. The van der Waals surface area contributed by atoms with Crippen molar-refractivity contribution in [1.29, 1.82) is 0 Å². The maximum Gasteiger partial charge on any atom is 0.273 e. The predicted molar refractivity (Wildman–Crippen MR) is 85.5 cm³/mol. The first kappa shape index (κ1) is 16.0. The van der Waals surface area contributed by atoms with Crippen molar-refractivity contribution in [1.82, 2.24) is 14.7 Å². The van der Waals surface area contributed by atoms with E-state index in [4.69, 9.17) is 0 Å². The molecule has 0 spiro atoms. The lowest BCUT2D eigenvalue weighted by Crippen LogP contribution is -2.57. The molecule has 1 aliphatic heterocycles. The van der Waals surface area contributed by atoms with E-state index in [2.05, 4.69) is 18.9 Å². The number of aryl methyl sites for hydroxylation is 1. The van der Waals surface area contributed by atoms with Gasteiger partial charge >= 0.3 is 0 Å². The van der Waals surface area contributed by atoms with E-state index in [1.165, 1.54) is 12.1 Å². The molecule has 24 heavy (non-hydrogen) atoms. The number of amides is 1. The van der Waals surface area contributed by atoms with Crippen LogP contribution in [0.2, 0.25) is 0 Å². The number of hydrogen-bond acceptors (Lipinski definition) is 5. The highest BCUT2D eigenvalue weighted by molar-refractivity contribution is 5.96. The van der Waals surface area contributed by atoms with Crippen molar-refractivity contribution >= 4 is 11.6 Å². The van der Waals surface area contributed by atoms with Crippen molar-refractivity contribution < 1.29 is 14.8 Å². The van der Waals surface area contributed by atoms with Crippen molar-refractivity contribution in [3.05, 3.63) is 51.8 Å². The minimum absolute atomic E-state index is 0.103. The summed E-state index contributed by atoms with van der Waals surface area (Å²) >= 11 is 0. The monoisotopic (exact) mass is 330 g/mol. The number of benzene rings is 1.